The summed E-state index contributed by atoms with van der Waals surface area (Å²) in [6.45, 7) is 2.93. The minimum Gasteiger partial charge on any atom is -0.461 e. The number of aryl methyl sites for hydroxylation is 1. The lowest BCUT2D eigenvalue weighted by molar-refractivity contribution is 0.107. The average Bonchev–Trinajstić information content (AvgIpc) is 3.72. The van der Waals surface area contributed by atoms with Crippen LogP contribution < -0.4 is 20.7 Å². The highest BCUT2D eigenvalue weighted by atomic mass is 35.5. The Morgan fingerprint density at radius 1 is 1.23 bits per heavy atom. The number of piperazine rings is 1. The zero-order valence-electron chi connectivity index (χ0n) is 24.4. The molecule has 228 valence electrons. The Bertz CT molecular complexity index is 1860. The van der Waals surface area contributed by atoms with Gasteiger partial charge in [-0.25, -0.2) is 8.78 Å². The fourth-order valence-corrected chi connectivity index (χ4v) is 8.44. The summed E-state index contributed by atoms with van der Waals surface area (Å²) in [7, 11) is 1.83. The number of nitrogens with one attached hydrogen (secondary N) is 1. The van der Waals surface area contributed by atoms with E-state index in [0.717, 1.165) is 50.8 Å². The first-order chi connectivity index (χ1) is 21.2. The number of rotatable bonds is 5. The number of nitrogen functional groups attached to an aromatic ring is 1. The van der Waals surface area contributed by atoms with Crippen molar-refractivity contribution in [1.82, 2.24) is 24.8 Å². The van der Waals surface area contributed by atoms with Crippen LogP contribution in [0.3, 0.4) is 0 Å². The van der Waals surface area contributed by atoms with E-state index in [1.54, 1.807) is 18.3 Å². The third kappa shape index (κ3) is 4.22. The van der Waals surface area contributed by atoms with E-state index < -0.39 is 17.5 Å². The zero-order chi connectivity index (χ0) is 30.3. The van der Waals surface area contributed by atoms with Crippen LogP contribution in [0.4, 0.5) is 20.3 Å². The van der Waals surface area contributed by atoms with E-state index in [0.29, 0.717) is 52.9 Å². The molecule has 4 saturated heterocycles. The van der Waals surface area contributed by atoms with Gasteiger partial charge in [0.1, 0.15) is 30.2 Å². The van der Waals surface area contributed by atoms with Gasteiger partial charge in [-0.15, -0.1) is 0 Å². The van der Waals surface area contributed by atoms with Gasteiger partial charge < -0.3 is 25.3 Å². The lowest BCUT2D eigenvalue weighted by Gasteiger charge is -2.34. The van der Waals surface area contributed by atoms with E-state index in [9.17, 15) is 9.65 Å². The number of nitrogens with zero attached hydrogens (tertiary/aromatic N) is 6. The van der Waals surface area contributed by atoms with Gasteiger partial charge >= 0.3 is 6.01 Å². The molecule has 6 heterocycles. The molecule has 9 nitrogen and oxygen atoms in total. The molecule has 4 atom stereocenters. The molecule has 0 aliphatic carbocycles. The molecule has 0 spiro atoms. The number of anilines is 2. The van der Waals surface area contributed by atoms with Gasteiger partial charge in [0.2, 0.25) is 0 Å². The molecule has 12 heteroatoms. The maximum absolute atomic E-state index is 16.9. The van der Waals surface area contributed by atoms with Crippen molar-refractivity contribution in [2.75, 3.05) is 43.4 Å². The third-order valence-electron chi connectivity index (χ3n) is 10.2. The number of nitrogens with two attached hydrogens (primary N) is 1. The summed E-state index contributed by atoms with van der Waals surface area (Å²) in [5.74, 6) is -0.0468. The number of ether oxygens (including phenoxy) is 1. The van der Waals surface area contributed by atoms with Crippen LogP contribution in [-0.2, 0) is 7.05 Å². The van der Waals surface area contributed by atoms with Crippen LogP contribution in [0.5, 0.6) is 6.01 Å². The summed E-state index contributed by atoms with van der Waals surface area (Å²) in [6.07, 6.45) is 5.25. The SMILES string of the molecule is Cn1cc(-c2c(Cl)cc3c(N4CC5CCC(C4)N5)nc(OC[C@@]45CCCN4C[C@H](F)C5)nc3c2F)c2c(C#N)c(N)ccc21. The van der Waals surface area contributed by atoms with E-state index in [1.807, 2.05) is 17.7 Å². The molecule has 4 fully saturated rings. The third-order valence-corrected chi connectivity index (χ3v) is 10.5. The molecule has 0 radical (unpaired) electrons. The zero-order valence-corrected chi connectivity index (χ0v) is 25.2. The highest BCUT2D eigenvalue weighted by Gasteiger charge is 2.49. The summed E-state index contributed by atoms with van der Waals surface area (Å²) in [4.78, 5) is 13.8. The maximum atomic E-state index is 16.9. The van der Waals surface area contributed by atoms with Gasteiger partial charge in [-0.3, -0.25) is 4.90 Å². The van der Waals surface area contributed by atoms with Crippen molar-refractivity contribution < 1.29 is 13.5 Å². The maximum Gasteiger partial charge on any atom is 0.319 e. The molecule has 8 rings (SSSR count). The van der Waals surface area contributed by atoms with E-state index >= 15 is 4.39 Å². The Morgan fingerprint density at radius 3 is 2.80 bits per heavy atom. The molecule has 4 aliphatic rings. The number of aromatic nitrogens is 3. The van der Waals surface area contributed by atoms with Crippen molar-refractivity contribution in [3.63, 3.8) is 0 Å². The van der Waals surface area contributed by atoms with E-state index in [2.05, 4.69) is 26.2 Å². The topological polar surface area (TPSA) is 108 Å². The standard InChI is InChI=1S/C32H33ClF2N8O/c1-41-15-22(26-21(11-36)24(37)5-6-25(26)41)27-23(33)9-20-29(28(27)35)39-31(40-30(20)42-13-18-3-4-19(14-42)38-18)44-16-32-7-2-8-43(32)12-17(34)10-32/h5-6,9,15,17-19,38H,2-4,7-8,10,12-14,16,37H2,1H3/t17-,18?,19?,32+/m1/s1. The second-order valence-electron chi connectivity index (χ2n) is 12.9. The molecule has 2 unspecified atom stereocenters. The fourth-order valence-electron chi connectivity index (χ4n) is 8.14. The smallest absolute Gasteiger partial charge is 0.319 e. The first-order valence-electron chi connectivity index (χ1n) is 15.3. The Hall–Kier alpha value is -3.72. The molecule has 2 aromatic carbocycles. The normalized spacial score (nSPS) is 26.5. The number of alkyl halides is 1. The number of hydrogen-bond acceptors (Lipinski definition) is 8. The minimum atomic E-state index is -0.890. The van der Waals surface area contributed by atoms with Crippen molar-refractivity contribution in [3.05, 3.63) is 40.8 Å². The van der Waals surface area contributed by atoms with Gasteiger partial charge in [-0.2, -0.15) is 15.2 Å². The van der Waals surface area contributed by atoms with Gasteiger partial charge in [0.05, 0.1) is 21.8 Å². The van der Waals surface area contributed by atoms with Crippen LogP contribution in [0, 0.1) is 17.1 Å². The Kier molecular flexibility index (Phi) is 6.42. The van der Waals surface area contributed by atoms with Gasteiger partial charge in [0.15, 0.2) is 5.82 Å². The predicted molar refractivity (Wildman–Crippen MR) is 166 cm³/mol. The Morgan fingerprint density at radius 2 is 2.02 bits per heavy atom. The number of benzene rings is 2. The highest BCUT2D eigenvalue weighted by Crippen LogP contribution is 2.44. The number of nitriles is 1. The molecule has 3 N–H and O–H groups in total. The quantitative estimate of drug-likeness (QED) is 0.303. The summed E-state index contributed by atoms with van der Waals surface area (Å²) in [5, 5.41) is 14.8. The van der Waals surface area contributed by atoms with Crippen molar-refractivity contribution in [1.29, 1.82) is 5.26 Å². The average molecular weight is 619 g/mol. The summed E-state index contributed by atoms with van der Waals surface area (Å²) in [6, 6.07) is 8.09. The lowest BCUT2D eigenvalue weighted by atomic mass is 9.95. The monoisotopic (exact) mass is 618 g/mol. The molecule has 0 amide bonds. The Labute approximate surface area is 258 Å². The van der Waals surface area contributed by atoms with Crippen molar-refractivity contribution >= 4 is 44.9 Å². The molecular formula is C32H33ClF2N8O. The van der Waals surface area contributed by atoms with E-state index in [-0.39, 0.29) is 34.3 Å². The van der Waals surface area contributed by atoms with Crippen LogP contribution in [0.25, 0.3) is 32.9 Å². The predicted octanol–water partition coefficient (Wildman–Crippen LogP) is 4.93. The second kappa shape index (κ2) is 10.2. The summed E-state index contributed by atoms with van der Waals surface area (Å²) < 4.78 is 39.5. The molecule has 2 bridgehead atoms. The van der Waals surface area contributed by atoms with E-state index in [4.69, 9.17) is 27.1 Å². The molecule has 4 aliphatic heterocycles. The van der Waals surface area contributed by atoms with Crippen LogP contribution in [-0.4, -0.2) is 76.0 Å². The van der Waals surface area contributed by atoms with Crippen LogP contribution in [0.1, 0.15) is 37.7 Å². The number of hydrogen-bond donors (Lipinski definition) is 2. The van der Waals surface area contributed by atoms with Gasteiger partial charge in [0, 0.05) is 78.8 Å². The molecule has 4 aromatic rings. The van der Waals surface area contributed by atoms with Crippen molar-refractivity contribution in [2.45, 2.75) is 55.9 Å². The number of fused-ring (bicyclic) bond motifs is 5. The summed E-state index contributed by atoms with van der Waals surface area (Å²) in [5.41, 5.74) is 7.75. The largest absolute Gasteiger partial charge is 0.461 e. The van der Waals surface area contributed by atoms with Crippen LogP contribution in [0.15, 0.2) is 24.4 Å². The van der Waals surface area contributed by atoms with E-state index in [1.165, 1.54) is 0 Å². The molecule has 0 saturated carbocycles. The summed E-state index contributed by atoms with van der Waals surface area (Å²) >= 11 is 6.91. The minimum absolute atomic E-state index is 0.0639. The van der Waals surface area contributed by atoms with Crippen molar-refractivity contribution in [3.8, 4) is 23.2 Å². The van der Waals surface area contributed by atoms with Gasteiger partial charge in [-0.1, -0.05) is 11.6 Å². The number of halogens is 3. The lowest BCUT2D eigenvalue weighted by Crippen LogP contribution is -2.51. The molecular weight excluding hydrogens is 586 g/mol. The van der Waals surface area contributed by atoms with Crippen LogP contribution >= 0.6 is 11.6 Å². The Balaban J connectivity index is 1.29. The fraction of sp³-hybridized carbons (Fsp3) is 0.469. The molecule has 44 heavy (non-hydrogen) atoms. The van der Waals surface area contributed by atoms with Crippen molar-refractivity contribution in [2.24, 2.45) is 7.05 Å². The molecule has 2 aromatic heterocycles. The first-order valence-corrected chi connectivity index (χ1v) is 15.6. The van der Waals surface area contributed by atoms with Gasteiger partial charge in [-0.05, 0) is 50.4 Å². The second-order valence-corrected chi connectivity index (χ2v) is 13.3. The van der Waals surface area contributed by atoms with Crippen LogP contribution in [0.2, 0.25) is 5.02 Å². The van der Waals surface area contributed by atoms with Gasteiger partial charge in [0.25, 0.3) is 0 Å². The highest BCUT2D eigenvalue weighted by molar-refractivity contribution is 6.35. The first kappa shape index (κ1) is 27.8.